The second kappa shape index (κ2) is 6.40. The van der Waals surface area contributed by atoms with Crippen LogP contribution in [0.1, 0.15) is 20.8 Å². The van der Waals surface area contributed by atoms with Gasteiger partial charge in [0.25, 0.3) is 10.2 Å². The number of carbonyl (C=O) groups excluding carboxylic acids is 1. The van der Waals surface area contributed by atoms with Crippen LogP contribution < -0.4 is 0 Å². The van der Waals surface area contributed by atoms with Crippen LogP contribution in [0.5, 0.6) is 0 Å². The molecular weight excluding hydrogens is 254 g/mol. The fourth-order valence-electron chi connectivity index (χ4n) is 1.24. The molecule has 106 valence electrons. The van der Waals surface area contributed by atoms with Gasteiger partial charge in [-0.15, -0.1) is 0 Å². The maximum Gasteiger partial charge on any atom is 0.281 e. The first-order valence-electron chi connectivity index (χ1n) is 5.64. The Morgan fingerprint density at radius 3 is 2.06 bits per heavy atom. The monoisotopic (exact) mass is 277 g/mol. The Morgan fingerprint density at radius 2 is 1.72 bits per heavy atom. The van der Waals surface area contributed by atoms with Gasteiger partial charge < -0.3 is 4.79 Å². The van der Waals surface area contributed by atoms with Crippen LogP contribution >= 0.6 is 0 Å². The summed E-state index contributed by atoms with van der Waals surface area (Å²) >= 11 is 0. The predicted octanol–water partition coefficient (Wildman–Crippen LogP) is 0.411. The predicted molar refractivity (Wildman–Crippen MR) is 73.1 cm³/mol. The first-order valence-corrected chi connectivity index (χ1v) is 7.04. The van der Waals surface area contributed by atoms with Crippen molar-refractivity contribution in [3.05, 3.63) is 0 Å². The zero-order valence-electron chi connectivity index (χ0n) is 12.0. The van der Waals surface area contributed by atoms with E-state index in [1.165, 1.54) is 25.4 Å². The Hall–Kier alpha value is -0.790. The normalized spacial score (nSPS) is 14.3. The fourth-order valence-corrected chi connectivity index (χ4v) is 2.09. The smallest absolute Gasteiger partial charge is 0.281 e. The molecule has 0 bridgehead atoms. The molecule has 0 aliphatic heterocycles. The molecule has 0 rings (SSSR count). The molecule has 0 atom stereocenters. The van der Waals surface area contributed by atoms with Crippen molar-refractivity contribution in [2.45, 2.75) is 20.8 Å². The van der Waals surface area contributed by atoms with Gasteiger partial charge in [0.2, 0.25) is 0 Å². The Morgan fingerprint density at radius 1 is 1.22 bits per heavy atom. The molecule has 0 aromatic rings. The summed E-state index contributed by atoms with van der Waals surface area (Å²) in [6.45, 7) is 6.05. The van der Waals surface area contributed by atoms with E-state index in [1.54, 1.807) is 0 Å². The van der Waals surface area contributed by atoms with E-state index < -0.39 is 10.2 Å². The molecule has 0 fully saturated rings. The lowest BCUT2D eigenvalue weighted by molar-refractivity contribution is -0.106. The molecule has 0 aromatic carbocycles. The van der Waals surface area contributed by atoms with Gasteiger partial charge in [0.05, 0.1) is 13.1 Å². The van der Waals surface area contributed by atoms with Crippen molar-refractivity contribution in [3.8, 4) is 0 Å². The number of carbonyl (C=O) groups is 1. The van der Waals surface area contributed by atoms with Gasteiger partial charge in [0, 0.05) is 32.3 Å². The Balaban J connectivity index is 5.08. The third-order valence-electron chi connectivity index (χ3n) is 2.45. The molecule has 18 heavy (non-hydrogen) atoms. The van der Waals surface area contributed by atoms with Gasteiger partial charge in [-0.25, -0.2) is 0 Å². The summed E-state index contributed by atoms with van der Waals surface area (Å²) in [5.41, 5.74) is 0.404. The van der Waals surface area contributed by atoms with Crippen LogP contribution in [0.15, 0.2) is 4.99 Å². The molecule has 7 heteroatoms. The molecule has 0 saturated carbocycles. The van der Waals surface area contributed by atoms with E-state index in [1.807, 2.05) is 20.8 Å². The number of aliphatic imine (C=N–C) groups is 1. The highest BCUT2D eigenvalue weighted by molar-refractivity contribution is 7.86. The standard InChI is InChI=1S/C11H23N3O3S/c1-11(2,3)10(12-7-8-15)9-14(6)18(16,17)13(4)5/h8H,7,9H2,1-6H3. The first kappa shape index (κ1) is 17.2. The molecule has 0 amide bonds. The van der Waals surface area contributed by atoms with Crippen LogP contribution in [0.25, 0.3) is 0 Å². The lowest BCUT2D eigenvalue weighted by Gasteiger charge is -2.27. The van der Waals surface area contributed by atoms with Crippen molar-refractivity contribution in [3.63, 3.8) is 0 Å². The zero-order valence-corrected chi connectivity index (χ0v) is 12.8. The molecule has 0 unspecified atom stereocenters. The summed E-state index contributed by atoms with van der Waals surface area (Å²) in [6, 6.07) is 0. The number of hydrogen-bond acceptors (Lipinski definition) is 4. The molecule has 0 heterocycles. The SMILES string of the molecule is CN(C)S(=O)(=O)N(C)CC(=NCC=O)C(C)(C)C. The van der Waals surface area contributed by atoms with Crippen LogP contribution in [-0.2, 0) is 15.0 Å². The lowest BCUT2D eigenvalue weighted by atomic mass is 9.90. The van der Waals surface area contributed by atoms with Gasteiger partial charge in [0.1, 0.15) is 6.29 Å². The maximum absolute atomic E-state index is 11.9. The molecule has 0 aliphatic rings. The molecular formula is C11H23N3O3S. The molecule has 0 saturated heterocycles. The van der Waals surface area contributed by atoms with E-state index in [0.29, 0.717) is 12.0 Å². The first-order chi connectivity index (χ1) is 8.03. The number of aldehydes is 1. The third-order valence-corrected chi connectivity index (χ3v) is 4.29. The summed E-state index contributed by atoms with van der Waals surface area (Å²) in [5.74, 6) is 0. The summed E-state index contributed by atoms with van der Waals surface area (Å²) in [7, 11) is 0.992. The average molecular weight is 277 g/mol. The Labute approximate surface area is 110 Å². The van der Waals surface area contributed by atoms with Crippen molar-refractivity contribution in [1.82, 2.24) is 8.61 Å². The third kappa shape index (κ3) is 4.83. The molecule has 0 aliphatic carbocycles. The summed E-state index contributed by atoms with van der Waals surface area (Å²) in [5, 5.41) is 0. The molecule has 0 radical (unpaired) electrons. The van der Waals surface area contributed by atoms with E-state index in [0.717, 1.165) is 4.31 Å². The van der Waals surface area contributed by atoms with Crippen molar-refractivity contribution >= 4 is 22.2 Å². The van der Waals surface area contributed by atoms with Crippen molar-refractivity contribution in [2.75, 3.05) is 34.2 Å². The van der Waals surface area contributed by atoms with Gasteiger partial charge >= 0.3 is 0 Å². The second-order valence-electron chi connectivity index (χ2n) is 5.25. The van der Waals surface area contributed by atoms with E-state index in [2.05, 4.69) is 4.99 Å². The lowest BCUT2D eigenvalue weighted by Crippen LogP contribution is -2.42. The summed E-state index contributed by atoms with van der Waals surface area (Å²) in [6.07, 6.45) is 0.701. The Bertz CT molecular complexity index is 408. The van der Waals surface area contributed by atoms with Crippen LogP contribution in [0, 0.1) is 5.41 Å². The van der Waals surface area contributed by atoms with E-state index in [-0.39, 0.29) is 18.5 Å². The molecule has 0 aromatic heterocycles. The second-order valence-corrected chi connectivity index (χ2v) is 7.50. The average Bonchev–Trinajstić information content (AvgIpc) is 2.21. The van der Waals surface area contributed by atoms with E-state index in [9.17, 15) is 13.2 Å². The van der Waals surface area contributed by atoms with Crippen molar-refractivity contribution in [1.29, 1.82) is 0 Å². The van der Waals surface area contributed by atoms with Gasteiger partial charge in [0.15, 0.2) is 0 Å². The van der Waals surface area contributed by atoms with Crippen LogP contribution in [-0.4, -0.2) is 63.3 Å². The summed E-state index contributed by atoms with van der Waals surface area (Å²) < 4.78 is 26.2. The fraction of sp³-hybridized carbons (Fsp3) is 0.818. The van der Waals surface area contributed by atoms with Crippen LogP contribution in [0.3, 0.4) is 0 Å². The minimum absolute atomic E-state index is 0.0580. The van der Waals surface area contributed by atoms with Gasteiger partial charge in [-0.3, -0.25) is 4.99 Å². The molecule has 0 spiro atoms. The van der Waals surface area contributed by atoms with Gasteiger partial charge in [-0.1, -0.05) is 20.8 Å². The van der Waals surface area contributed by atoms with E-state index in [4.69, 9.17) is 0 Å². The highest BCUT2D eigenvalue weighted by Gasteiger charge is 2.26. The number of hydrogen-bond donors (Lipinski definition) is 0. The van der Waals surface area contributed by atoms with Crippen LogP contribution in [0.4, 0.5) is 0 Å². The molecule has 6 nitrogen and oxygen atoms in total. The Kier molecular flexibility index (Phi) is 6.12. The highest BCUT2D eigenvalue weighted by Crippen LogP contribution is 2.18. The number of nitrogens with zero attached hydrogens (tertiary/aromatic N) is 3. The van der Waals surface area contributed by atoms with Gasteiger partial charge in [-0.05, 0) is 0 Å². The van der Waals surface area contributed by atoms with Crippen LogP contribution in [0.2, 0.25) is 0 Å². The van der Waals surface area contributed by atoms with Crippen molar-refractivity contribution < 1.29 is 13.2 Å². The topological polar surface area (TPSA) is 70.1 Å². The quantitative estimate of drug-likeness (QED) is 0.521. The van der Waals surface area contributed by atoms with Gasteiger partial charge in [-0.2, -0.15) is 17.0 Å². The minimum Gasteiger partial charge on any atom is -0.301 e. The van der Waals surface area contributed by atoms with Crippen molar-refractivity contribution in [2.24, 2.45) is 10.4 Å². The molecule has 0 N–H and O–H groups in total. The summed E-state index contributed by atoms with van der Waals surface area (Å²) in [4.78, 5) is 14.5. The maximum atomic E-state index is 11.9. The zero-order chi connectivity index (χ0) is 14.6. The minimum atomic E-state index is -3.46. The number of rotatable bonds is 6. The highest BCUT2D eigenvalue weighted by atomic mass is 32.2. The van der Waals surface area contributed by atoms with E-state index >= 15 is 0 Å². The largest absolute Gasteiger partial charge is 0.301 e.